The lowest BCUT2D eigenvalue weighted by Crippen LogP contribution is -2.47. The molecule has 0 bridgehead atoms. The van der Waals surface area contributed by atoms with Gasteiger partial charge in [-0.3, -0.25) is 14.5 Å². The Morgan fingerprint density at radius 2 is 1.79 bits per heavy atom. The molecule has 2 heterocycles. The SMILES string of the molecule is CN1C(=O)[C@](CCC2CCCCC2)(CC2CCCN(C(=O)CC3CC3)C2)N=C1N. The van der Waals surface area contributed by atoms with Crippen molar-refractivity contribution in [2.75, 3.05) is 20.1 Å². The monoisotopic (exact) mass is 402 g/mol. The Morgan fingerprint density at radius 1 is 1.07 bits per heavy atom. The number of amides is 2. The van der Waals surface area contributed by atoms with E-state index in [9.17, 15) is 9.59 Å². The van der Waals surface area contributed by atoms with Gasteiger partial charge in [-0.15, -0.1) is 0 Å². The minimum atomic E-state index is -0.705. The normalized spacial score (nSPS) is 31.3. The van der Waals surface area contributed by atoms with Crippen LogP contribution in [0.5, 0.6) is 0 Å². The van der Waals surface area contributed by atoms with Gasteiger partial charge in [0.2, 0.25) is 5.91 Å². The molecular formula is C23H38N4O2. The van der Waals surface area contributed by atoms with E-state index in [1.165, 1.54) is 44.9 Å². The molecule has 2 aliphatic heterocycles. The summed E-state index contributed by atoms with van der Waals surface area (Å²) in [6.07, 6.45) is 14.4. The molecule has 2 saturated carbocycles. The summed E-state index contributed by atoms with van der Waals surface area (Å²) in [4.78, 5) is 34.2. The highest BCUT2D eigenvalue weighted by Crippen LogP contribution is 2.39. The molecule has 0 aromatic heterocycles. The molecule has 1 saturated heterocycles. The lowest BCUT2D eigenvalue weighted by atomic mass is 9.77. The van der Waals surface area contributed by atoms with Gasteiger partial charge >= 0.3 is 0 Å². The standard InChI is InChI=1S/C23H38N4O2/c1-26-21(29)23(25-22(26)24,12-11-17-6-3-2-4-7-17)15-19-8-5-13-27(16-19)20(28)14-18-9-10-18/h17-19H,2-16H2,1H3,(H2,24,25)/t19?,23-/m0/s1. The van der Waals surface area contributed by atoms with Crippen molar-refractivity contribution in [3.8, 4) is 0 Å². The number of likely N-dealkylation sites (tertiary alicyclic amines) is 1. The third-order valence-electron chi connectivity index (χ3n) is 7.72. The maximum absolute atomic E-state index is 13.2. The van der Waals surface area contributed by atoms with Crippen LogP contribution in [-0.4, -0.2) is 53.2 Å². The predicted molar refractivity (Wildman–Crippen MR) is 114 cm³/mol. The first kappa shape index (κ1) is 20.7. The van der Waals surface area contributed by atoms with Crippen molar-refractivity contribution in [2.45, 2.75) is 89.0 Å². The number of hydrogen-bond donors (Lipinski definition) is 1. The number of hydrogen-bond acceptors (Lipinski definition) is 4. The maximum atomic E-state index is 13.2. The molecule has 162 valence electrons. The summed E-state index contributed by atoms with van der Waals surface area (Å²) >= 11 is 0. The van der Waals surface area contributed by atoms with Crippen LogP contribution in [0, 0.1) is 17.8 Å². The Bertz CT molecular complexity index is 653. The van der Waals surface area contributed by atoms with E-state index in [1.54, 1.807) is 11.9 Å². The van der Waals surface area contributed by atoms with Gasteiger partial charge in [0.25, 0.3) is 5.91 Å². The van der Waals surface area contributed by atoms with Gasteiger partial charge in [-0.1, -0.05) is 32.1 Å². The van der Waals surface area contributed by atoms with Crippen LogP contribution in [0.4, 0.5) is 0 Å². The number of nitrogens with two attached hydrogens (primary N) is 1. The Kier molecular flexibility index (Phi) is 6.16. The van der Waals surface area contributed by atoms with Crippen LogP contribution in [0.2, 0.25) is 0 Å². The summed E-state index contributed by atoms with van der Waals surface area (Å²) in [5.41, 5.74) is 5.38. The van der Waals surface area contributed by atoms with E-state index >= 15 is 0 Å². The zero-order chi connectivity index (χ0) is 20.4. The fourth-order valence-corrected chi connectivity index (χ4v) is 5.71. The molecule has 0 radical (unpaired) electrons. The Balaban J connectivity index is 1.42. The van der Waals surface area contributed by atoms with E-state index in [0.29, 0.717) is 30.1 Å². The van der Waals surface area contributed by atoms with Crippen molar-refractivity contribution >= 4 is 17.8 Å². The summed E-state index contributed by atoms with van der Waals surface area (Å²) in [7, 11) is 1.75. The molecule has 6 nitrogen and oxygen atoms in total. The Morgan fingerprint density at radius 3 is 2.45 bits per heavy atom. The second-order valence-electron chi connectivity index (χ2n) is 10.1. The topological polar surface area (TPSA) is 79.0 Å². The van der Waals surface area contributed by atoms with Crippen molar-refractivity contribution in [1.82, 2.24) is 9.80 Å². The predicted octanol–water partition coefficient (Wildman–Crippen LogP) is 3.30. The third-order valence-corrected chi connectivity index (χ3v) is 7.72. The first-order valence-electron chi connectivity index (χ1n) is 11.9. The lowest BCUT2D eigenvalue weighted by Gasteiger charge is -2.37. The Hall–Kier alpha value is -1.59. The third kappa shape index (κ3) is 4.77. The smallest absolute Gasteiger partial charge is 0.257 e. The molecule has 2 N–H and O–H groups in total. The fourth-order valence-electron chi connectivity index (χ4n) is 5.71. The highest BCUT2D eigenvalue weighted by molar-refractivity contribution is 6.06. The van der Waals surface area contributed by atoms with Crippen molar-refractivity contribution in [3.63, 3.8) is 0 Å². The number of carbonyl (C=O) groups excluding carboxylic acids is 2. The first-order valence-corrected chi connectivity index (χ1v) is 11.9. The summed E-state index contributed by atoms with van der Waals surface area (Å²) < 4.78 is 0. The zero-order valence-corrected chi connectivity index (χ0v) is 18.1. The molecule has 6 heteroatoms. The van der Waals surface area contributed by atoms with E-state index in [2.05, 4.69) is 4.90 Å². The molecule has 4 rings (SSSR count). The molecule has 1 unspecified atom stereocenters. The minimum Gasteiger partial charge on any atom is -0.369 e. The average Bonchev–Trinajstić information content (AvgIpc) is 3.52. The zero-order valence-electron chi connectivity index (χ0n) is 18.1. The number of rotatable bonds is 7. The van der Waals surface area contributed by atoms with E-state index in [0.717, 1.165) is 51.1 Å². The van der Waals surface area contributed by atoms with E-state index in [1.807, 2.05) is 0 Å². The molecule has 0 aromatic rings. The molecule has 2 aliphatic carbocycles. The molecule has 0 aromatic carbocycles. The first-order chi connectivity index (χ1) is 14.0. The summed E-state index contributed by atoms with van der Waals surface area (Å²) in [6.45, 7) is 1.65. The molecule has 3 fully saturated rings. The van der Waals surface area contributed by atoms with Crippen LogP contribution in [0.3, 0.4) is 0 Å². The second-order valence-corrected chi connectivity index (χ2v) is 10.1. The molecular weight excluding hydrogens is 364 g/mol. The molecule has 0 spiro atoms. The Labute approximate surface area is 175 Å². The van der Waals surface area contributed by atoms with Gasteiger partial charge in [-0.25, -0.2) is 4.99 Å². The number of carbonyl (C=O) groups is 2. The van der Waals surface area contributed by atoms with Crippen LogP contribution in [0.15, 0.2) is 4.99 Å². The highest BCUT2D eigenvalue weighted by Gasteiger charge is 2.48. The number of likely N-dealkylation sites (N-methyl/N-ethyl adjacent to an activating group) is 1. The van der Waals surface area contributed by atoms with Crippen LogP contribution in [-0.2, 0) is 9.59 Å². The van der Waals surface area contributed by atoms with Crippen LogP contribution < -0.4 is 5.73 Å². The quantitative estimate of drug-likeness (QED) is 0.709. The number of piperidine rings is 1. The second kappa shape index (κ2) is 8.65. The van der Waals surface area contributed by atoms with Gasteiger partial charge < -0.3 is 10.6 Å². The highest BCUT2D eigenvalue weighted by atomic mass is 16.2. The van der Waals surface area contributed by atoms with Crippen molar-refractivity contribution in [2.24, 2.45) is 28.5 Å². The van der Waals surface area contributed by atoms with Crippen LogP contribution in [0.25, 0.3) is 0 Å². The number of aliphatic imine (C=N–C) groups is 1. The van der Waals surface area contributed by atoms with Crippen LogP contribution >= 0.6 is 0 Å². The van der Waals surface area contributed by atoms with Gasteiger partial charge in [0.05, 0.1) is 0 Å². The van der Waals surface area contributed by atoms with Gasteiger partial charge in [0.15, 0.2) is 5.96 Å². The average molecular weight is 403 g/mol. The van der Waals surface area contributed by atoms with Crippen molar-refractivity contribution in [3.05, 3.63) is 0 Å². The van der Waals surface area contributed by atoms with E-state index in [4.69, 9.17) is 10.7 Å². The van der Waals surface area contributed by atoms with Crippen LogP contribution in [0.1, 0.15) is 83.5 Å². The van der Waals surface area contributed by atoms with Gasteiger partial charge in [-0.05, 0) is 62.7 Å². The van der Waals surface area contributed by atoms with E-state index in [-0.39, 0.29) is 5.91 Å². The largest absolute Gasteiger partial charge is 0.369 e. The van der Waals surface area contributed by atoms with Crippen molar-refractivity contribution in [1.29, 1.82) is 0 Å². The maximum Gasteiger partial charge on any atom is 0.257 e. The molecule has 4 aliphatic rings. The number of nitrogens with zero attached hydrogens (tertiary/aromatic N) is 3. The fraction of sp³-hybridized carbons (Fsp3) is 0.870. The number of guanidine groups is 1. The van der Waals surface area contributed by atoms with Gasteiger partial charge in [0.1, 0.15) is 5.54 Å². The van der Waals surface area contributed by atoms with Gasteiger partial charge in [0, 0.05) is 26.6 Å². The molecule has 2 amide bonds. The van der Waals surface area contributed by atoms with Crippen molar-refractivity contribution < 1.29 is 9.59 Å². The summed E-state index contributed by atoms with van der Waals surface area (Å²) in [6, 6.07) is 0. The minimum absolute atomic E-state index is 0.0623. The lowest BCUT2D eigenvalue weighted by molar-refractivity contribution is -0.134. The molecule has 2 atom stereocenters. The summed E-state index contributed by atoms with van der Waals surface area (Å²) in [5.74, 6) is 2.41. The van der Waals surface area contributed by atoms with Gasteiger partial charge in [-0.2, -0.15) is 0 Å². The van der Waals surface area contributed by atoms with E-state index < -0.39 is 5.54 Å². The molecule has 29 heavy (non-hydrogen) atoms. The summed E-state index contributed by atoms with van der Waals surface area (Å²) in [5, 5.41) is 0.